The van der Waals surface area contributed by atoms with Gasteiger partial charge in [-0.25, -0.2) is 4.99 Å². The molecule has 3 rings (SSSR count). The van der Waals surface area contributed by atoms with Gasteiger partial charge in [-0.15, -0.1) is 0 Å². The molecule has 30 heavy (non-hydrogen) atoms. The second-order valence-electron chi connectivity index (χ2n) is 8.32. The predicted molar refractivity (Wildman–Crippen MR) is 128 cm³/mol. The molecule has 0 heterocycles. The lowest BCUT2D eigenvalue weighted by molar-refractivity contribution is 0.187. The number of nitrogens with zero attached hydrogens (tertiary/aromatic N) is 2. The van der Waals surface area contributed by atoms with E-state index in [4.69, 9.17) is 4.99 Å². The number of anilines is 1. The van der Waals surface area contributed by atoms with E-state index in [1.807, 2.05) is 36.7 Å². The Morgan fingerprint density at radius 3 is 1.83 bits per heavy atom. The summed E-state index contributed by atoms with van der Waals surface area (Å²) in [5.74, 6) is 0. The summed E-state index contributed by atoms with van der Waals surface area (Å²) >= 11 is 0. The molecule has 0 aliphatic rings. The molecule has 0 bridgehead atoms. The summed E-state index contributed by atoms with van der Waals surface area (Å²) in [6.07, 6.45) is 1.26. The van der Waals surface area contributed by atoms with Crippen LogP contribution in [0.5, 0.6) is 0 Å². The lowest BCUT2D eigenvalue weighted by Gasteiger charge is -2.27. The molecule has 1 atom stereocenters. The van der Waals surface area contributed by atoms with Gasteiger partial charge in [0.05, 0.1) is 24.7 Å². The molecule has 0 aliphatic heterocycles. The average molecular weight is 401 g/mol. The Labute approximate surface area is 180 Å². The predicted octanol–water partition coefficient (Wildman–Crippen LogP) is 6.44. The second kappa shape index (κ2) is 9.27. The molecule has 3 nitrogen and oxygen atoms in total. The molecule has 0 unspecified atom stereocenters. The number of benzene rings is 3. The van der Waals surface area contributed by atoms with Gasteiger partial charge >= 0.3 is 0 Å². The van der Waals surface area contributed by atoms with Gasteiger partial charge in [-0.3, -0.25) is 0 Å². The van der Waals surface area contributed by atoms with E-state index in [0.717, 1.165) is 28.1 Å². The molecule has 156 valence electrons. The maximum atomic E-state index is 10.9. The van der Waals surface area contributed by atoms with Crippen LogP contribution in [0.1, 0.15) is 45.0 Å². The van der Waals surface area contributed by atoms with Gasteiger partial charge in [0.2, 0.25) is 0 Å². The van der Waals surface area contributed by atoms with Crippen LogP contribution in [0.15, 0.2) is 59.6 Å². The fourth-order valence-corrected chi connectivity index (χ4v) is 4.29. The SMILES string of the molecule is Cc1cc(C)c(N=CN(C[C@H](O)c2ccccc2)c2c(C)cc(C)cc2C)c(C)c1. The molecule has 0 fully saturated rings. The highest BCUT2D eigenvalue weighted by Crippen LogP contribution is 2.29. The second-order valence-corrected chi connectivity index (χ2v) is 8.32. The maximum absolute atomic E-state index is 10.9. The summed E-state index contributed by atoms with van der Waals surface area (Å²) < 4.78 is 0. The maximum Gasteiger partial charge on any atom is 0.0969 e. The Kier molecular flexibility index (Phi) is 6.73. The van der Waals surface area contributed by atoms with Crippen molar-refractivity contribution in [1.82, 2.24) is 0 Å². The van der Waals surface area contributed by atoms with Gasteiger partial charge in [0, 0.05) is 5.69 Å². The number of hydrogen-bond donors (Lipinski definition) is 1. The Bertz CT molecular complexity index is 1010. The average Bonchev–Trinajstić information content (AvgIpc) is 2.66. The summed E-state index contributed by atoms with van der Waals surface area (Å²) in [6, 6.07) is 18.5. The van der Waals surface area contributed by atoms with Crippen LogP contribution in [-0.4, -0.2) is 18.0 Å². The smallest absolute Gasteiger partial charge is 0.0969 e. The zero-order valence-corrected chi connectivity index (χ0v) is 18.9. The molecule has 0 spiro atoms. The van der Waals surface area contributed by atoms with Crippen LogP contribution in [-0.2, 0) is 0 Å². The molecular weight excluding hydrogens is 368 g/mol. The first-order valence-corrected chi connectivity index (χ1v) is 10.5. The number of aliphatic hydroxyl groups is 1. The first-order chi connectivity index (χ1) is 14.3. The van der Waals surface area contributed by atoms with Gasteiger partial charge in [0.15, 0.2) is 0 Å². The highest BCUT2D eigenvalue weighted by atomic mass is 16.3. The molecule has 0 amide bonds. The van der Waals surface area contributed by atoms with Gasteiger partial charge in [-0.05, 0) is 69.4 Å². The van der Waals surface area contributed by atoms with Crippen LogP contribution in [0.3, 0.4) is 0 Å². The Morgan fingerprint density at radius 2 is 1.30 bits per heavy atom. The normalized spacial score (nSPS) is 12.4. The molecule has 0 radical (unpaired) electrons. The highest BCUT2D eigenvalue weighted by Gasteiger charge is 2.17. The van der Waals surface area contributed by atoms with E-state index in [-0.39, 0.29) is 0 Å². The Balaban J connectivity index is 2.02. The lowest BCUT2D eigenvalue weighted by atomic mass is 10.0. The highest BCUT2D eigenvalue weighted by molar-refractivity contribution is 5.85. The van der Waals surface area contributed by atoms with Crippen LogP contribution in [0.4, 0.5) is 11.4 Å². The van der Waals surface area contributed by atoms with Gasteiger partial charge in [0.25, 0.3) is 0 Å². The summed E-state index contributed by atoms with van der Waals surface area (Å²) in [6.45, 7) is 13.1. The van der Waals surface area contributed by atoms with Crippen LogP contribution in [0.25, 0.3) is 0 Å². The van der Waals surface area contributed by atoms with Crippen LogP contribution < -0.4 is 4.90 Å². The monoisotopic (exact) mass is 400 g/mol. The fourth-order valence-electron chi connectivity index (χ4n) is 4.29. The van der Waals surface area contributed by atoms with Crippen LogP contribution in [0.2, 0.25) is 0 Å². The van der Waals surface area contributed by atoms with Crippen molar-refractivity contribution in [3.05, 3.63) is 93.5 Å². The van der Waals surface area contributed by atoms with Crippen molar-refractivity contribution in [3.8, 4) is 0 Å². The molecule has 3 aromatic carbocycles. The standard InChI is InChI=1S/C27H32N2O/c1-18-12-20(3)26(21(4)13-18)28-17-29(16-25(30)24-10-8-7-9-11-24)27-22(5)14-19(2)15-23(27)6/h7-15,17,25,30H,16H2,1-6H3/t25-/m0/s1. The lowest BCUT2D eigenvalue weighted by Crippen LogP contribution is -2.28. The van der Waals surface area contributed by atoms with Crippen LogP contribution in [0, 0.1) is 41.5 Å². The molecule has 3 heteroatoms. The van der Waals surface area contributed by atoms with E-state index in [1.54, 1.807) is 0 Å². The van der Waals surface area contributed by atoms with Gasteiger partial charge < -0.3 is 10.0 Å². The van der Waals surface area contributed by atoms with E-state index < -0.39 is 6.10 Å². The number of hydrogen-bond acceptors (Lipinski definition) is 2. The van der Waals surface area contributed by atoms with Crippen molar-refractivity contribution in [1.29, 1.82) is 0 Å². The zero-order valence-electron chi connectivity index (χ0n) is 18.9. The Morgan fingerprint density at radius 1 is 0.800 bits per heavy atom. The van der Waals surface area contributed by atoms with Crippen molar-refractivity contribution < 1.29 is 5.11 Å². The van der Waals surface area contributed by atoms with Crippen molar-refractivity contribution >= 4 is 17.7 Å². The number of aryl methyl sites for hydroxylation is 6. The minimum atomic E-state index is -0.613. The number of rotatable bonds is 6. The fraction of sp³-hybridized carbons (Fsp3) is 0.296. The largest absolute Gasteiger partial charge is 0.387 e. The minimum absolute atomic E-state index is 0.433. The van der Waals surface area contributed by atoms with E-state index in [1.165, 1.54) is 22.3 Å². The zero-order chi connectivity index (χ0) is 21.8. The first-order valence-electron chi connectivity index (χ1n) is 10.5. The van der Waals surface area contributed by atoms with Crippen LogP contribution >= 0.6 is 0 Å². The molecule has 0 saturated carbocycles. The van der Waals surface area contributed by atoms with E-state index in [9.17, 15) is 5.11 Å². The summed E-state index contributed by atoms with van der Waals surface area (Å²) in [4.78, 5) is 6.95. The first kappa shape index (κ1) is 21.8. The third-order valence-corrected chi connectivity index (χ3v) is 5.44. The number of aliphatic hydroxyl groups excluding tert-OH is 1. The number of aliphatic imine (C=N–C) groups is 1. The third kappa shape index (κ3) is 4.98. The molecule has 0 aliphatic carbocycles. The summed E-state index contributed by atoms with van der Waals surface area (Å²) in [7, 11) is 0. The van der Waals surface area contributed by atoms with Crippen molar-refractivity contribution in [3.63, 3.8) is 0 Å². The molecule has 1 N–H and O–H groups in total. The molecule has 0 saturated heterocycles. The van der Waals surface area contributed by atoms with Crippen molar-refractivity contribution in [2.75, 3.05) is 11.4 Å². The van der Waals surface area contributed by atoms with Gasteiger partial charge in [-0.2, -0.15) is 0 Å². The quantitative estimate of drug-likeness (QED) is 0.382. The van der Waals surface area contributed by atoms with Crippen molar-refractivity contribution in [2.24, 2.45) is 4.99 Å². The van der Waals surface area contributed by atoms with Gasteiger partial charge in [-0.1, -0.05) is 65.7 Å². The summed E-state index contributed by atoms with van der Waals surface area (Å²) in [5.41, 5.74) is 10.1. The third-order valence-electron chi connectivity index (χ3n) is 5.44. The van der Waals surface area contributed by atoms with Crippen molar-refractivity contribution in [2.45, 2.75) is 47.6 Å². The van der Waals surface area contributed by atoms with E-state index in [2.05, 4.69) is 70.7 Å². The van der Waals surface area contributed by atoms with Gasteiger partial charge in [0.1, 0.15) is 0 Å². The van der Waals surface area contributed by atoms with E-state index in [0.29, 0.717) is 6.54 Å². The Hall–Kier alpha value is -2.91. The minimum Gasteiger partial charge on any atom is -0.387 e. The molecule has 0 aromatic heterocycles. The topological polar surface area (TPSA) is 35.8 Å². The molecular formula is C27H32N2O. The summed E-state index contributed by atoms with van der Waals surface area (Å²) in [5, 5.41) is 10.9. The molecule has 3 aromatic rings. The van der Waals surface area contributed by atoms with E-state index >= 15 is 0 Å².